The van der Waals surface area contributed by atoms with E-state index in [4.69, 9.17) is 14.7 Å². The summed E-state index contributed by atoms with van der Waals surface area (Å²) in [6.07, 6.45) is 1.64. The first-order valence-electron chi connectivity index (χ1n) is 9.22. The van der Waals surface area contributed by atoms with Gasteiger partial charge in [0.05, 0.1) is 16.1 Å². The van der Waals surface area contributed by atoms with Crippen LogP contribution in [0.15, 0.2) is 81.9 Å². The standard InChI is InChI=1S/C24H14Br2N2O3/c25-20-12-21(26)24(23-19(20)2-1-11-28-23)31-22(29)14-30-18-9-7-17(8-10-18)16-5-3-15(13-27)4-6-16/h1-12H,14H2. The van der Waals surface area contributed by atoms with Crippen molar-refractivity contribution in [2.75, 3.05) is 6.61 Å². The van der Waals surface area contributed by atoms with Crippen LogP contribution in [0, 0.1) is 11.3 Å². The van der Waals surface area contributed by atoms with E-state index in [0.29, 0.717) is 27.1 Å². The maximum Gasteiger partial charge on any atom is 0.349 e. The SMILES string of the molecule is N#Cc1ccc(-c2ccc(OCC(=O)Oc3c(Br)cc(Br)c4cccnc34)cc2)cc1. The van der Waals surface area contributed by atoms with Gasteiger partial charge in [0, 0.05) is 16.1 Å². The highest BCUT2D eigenvalue weighted by molar-refractivity contribution is 9.11. The minimum absolute atomic E-state index is 0.243. The van der Waals surface area contributed by atoms with E-state index in [1.54, 1.807) is 30.5 Å². The first-order chi connectivity index (χ1) is 15.0. The molecule has 152 valence electrons. The van der Waals surface area contributed by atoms with Crippen LogP contribution in [0.5, 0.6) is 11.5 Å². The molecule has 0 unspecified atom stereocenters. The van der Waals surface area contributed by atoms with Crippen molar-refractivity contribution in [3.63, 3.8) is 0 Å². The van der Waals surface area contributed by atoms with Crippen molar-refractivity contribution in [3.8, 4) is 28.7 Å². The molecule has 0 aliphatic heterocycles. The summed E-state index contributed by atoms with van der Waals surface area (Å²) in [6.45, 7) is -0.243. The summed E-state index contributed by atoms with van der Waals surface area (Å²) in [5, 5.41) is 9.74. The van der Waals surface area contributed by atoms with Crippen molar-refractivity contribution >= 4 is 48.7 Å². The molecular weight excluding hydrogens is 524 g/mol. The van der Waals surface area contributed by atoms with Gasteiger partial charge in [0.1, 0.15) is 11.3 Å². The minimum Gasteiger partial charge on any atom is -0.482 e. The summed E-state index contributed by atoms with van der Waals surface area (Å²) in [7, 11) is 0. The Morgan fingerprint density at radius 3 is 2.32 bits per heavy atom. The normalized spacial score (nSPS) is 10.5. The molecule has 31 heavy (non-hydrogen) atoms. The Kier molecular flexibility index (Phi) is 6.31. The van der Waals surface area contributed by atoms with Crippen molar-refractivity contribution in [2.24, 2.45) is 0 Å². The van der Waals surface area contributed by atoms with E-state index in [0.717, 1.165) is 21.0 Å². The Morgan fingerprint density at radius 2 is 1.65 bits per heavy atom. The number of halogens is 2. The van der Waals surface area contributed by atoms with E-state index in [1.165, 1.54) is 0 Å². The van der Waals surface area contributed by atoms with Crippen LogP contribution < -0.4 is 9.47 Å². The van der Waals surface area contributed by atoms with Gasteiger partial charge < -0.3 is 9.47 Å². The van der Waals surface area contributed by atoms with Gasteiger partial charge in [-0.05, 0) is 63.5 Å². The van der Waals surface area contributed by atoms with Crippen LogP contribution in [-0.2, 0) is 4.79 Å². The second-order valence-electron chi connectivity index (χ2n) is 6.55. The van der Waals surface area contributed by atoms with Gasteiger partial charge in [-0.2, -0.15) is 5.26 Å². The minimum atomic E-state index is -0.536. The quantitative estimate of drug-likeness (QED) is 0.221. The van der Waals surface area contributed by atoms with Gasteiger partial charge in [-0.1, -0.05) is 46.3 Å². The number of pyridine rings is 1. The number of ether oxygens (including phenoxy) is 2. The van der Waals surface area contributed by atoms with Gasteiger partial charge in [-0.25, -0.2) is 4.79 Å². The fraction of sp³-hybridized carbons (Fsp3) is 0.0417. The molecule has 0 amide bonds. The Hall–Kier alpha value is -3.21. The average Bonchev–Trinajstić information content (AvgIpc) is 2.81. The average molecular weight is 538 g/mol. The number of nitriles is 1. The maximum absolute atomic E-state index is 12.4. The van der Waals surface area contributed by atoms with Gasteiger partial charge in [0.2, 0.25) is 0 Å². The monoisotopic (exact) mass is 536 g/mol. The predicted molar refractivity (Wildman–Crippen MR) is 125 cm³/mol. The molecule has 1 aromatic heterocycles. The van der Waals surface area contributed by atoms with E-state index in [9.17, 15) is 4.79 Å². The summed E-state index contributed by atoms with van der Waals surface area (Å²) in [5.74, 6) is 0.363. The van der Waals surface area contributed by atoms with Crippen molar-refractivity contribution < 1.29 is 14.3 Å². The third-order valence-corrected chi connectivity index (χ3v) is 5.77. The number of carbonyl (C=O) groups is 1. The highest BCUT2D eigenvalue weighted by Gasteiger charge is 2.16. The lowest BCUT2D eigenvalue weighted by Crippen LogP contribution is -2.18. The smallest absolute Gasteiger partial charge is 0.349 e. The zero-order valence-corrected chi connectivity index (χ0v) is 19.2. The number of hydrogen-bond acceptors (Lipinski definition) is 5. The molecule has 5 nitrogen and oxygen atoms in total. The predicted octanol–water partition coefficient (Wildman–Crippen LogP) is 6.28. The van der Waals surface area contributed by atoms with Gasteiger partial charge in [-0.3, -0.25) is 4.98 Å². The van der Waals surface area contributed by atoms with Crippen LogP contribution in [0.1, 0.15) is 5.56 Å². The lowest BCUT2D eigenvalue weighted by atomic mass is 10.0. The third-order valence-electron chi connectivity index (χ3n) is 4.52. The number of nitrogens with zero attached hydrogens (tertiary/aromatic N) is 2. The van der Waals surface area contributed by atoms with E-state index in [2.05, 4.69) is 42.9 Å². The lowest BCUT2D eigenvalue weighted by Gasteiger charge is -2.11. The fourth-order valence-corrected chi connectivity index (χ4v) is 4.36. The Bertz CT molecular complexity index is 1300. The summed E-state index contributed by atoms with van der Waals surface area (Å²) in [5.41, 5.74) is 3.16. The first kappa shape index (κ1) is 21.0. The van der Waals surface area contributed by atoms with E-state index < -0.39 is 5.97 Å². The summed E-state index contributed by atoms with van der Waals surface area (Å²) in [6, 6.07) is 22.3. The Balaban J connectivity index is 1.42. The molecular formula is C24H14Br2N2O3. The number of fused-ring (bicyclic) bond motifs is 1. The molecule has 0 aliphatic rings. The topological polar surface area (TPSA) is 72.2 Å². The summed E-state index contributed by atoms with van der Waals surface area (Å²) < 4.78 is 12.6. The molecule has 0 atom stereocenters. The molecule has 0 bridgehead atoms. The zero-order chi connectivity index (χ0) is 21.8. The zero-order valence-electron chi connectivity index (χ0n) is 16.0. The molecule has 3 aromatic carbocycles. The first-order valence-corrected chi connectivity index (χ1v) is 10.8. The number of hydrogen-bond donors (Lipinski definition) is 0. The van der Waals surface area contributed by atoms with Gasteiger partial charge >= 0.3 is 5.97 Å². The van der Waals surface area contributed by atoms with Gasteiger partial charge in [-0.15, -0.1) is 0 Å². The molecule has 0 saturated heterocycles. The Morgan fingerprint density at radius 1 is 0.968 bits per heavy atom. The molecule has 4 rings (SSSR count). The van der Waals surface area contributed by atoms with Crippen LogP contribution >= 0.6 is 31.9 Å². The van der Waals surface area contributed by atoms with E-state index in [1.807, 2.05) is 42.5 Å². The van der Waals surface area contributed by atoms with Crippen LogP contribution in [0.25, 0.3) is 22.0 Å². The number of rotatable bonds is 5. The highest BCUT2D eigenvalue weighted by Crippen LogP contribution is 2.37. The third kappa shape index (κ3) is 4.76. The van der Waals surface area contributed by atoms with Crippen molar-refractivity contribution in [2.45, 2.75) is 0 Å². The molecule has 0 saturated carbocycles. The van der Waals surface area contributed by atoms with Crippen LogP contribution in [0.4, 0.5) is 0 Å². The highest BCUT2D eigenvalue weighted by atomic mass is 79.9. The van der Waals surface area contributed by atoms with Gasteiger partial charge in [0.15, 0.2) is 12.4 Å². The molecule has 0 radical (unpaired) electrons. The van der Waals surface area contributed by atoms with Crippen molar-refractivity contribution in [1.82, 2.24) is 4.98 Å². The largest absolute Gasteiger partial charge is 0.482 e. The van der Waals surface area contributed by atoms with E-state index >= 15 is 0 Å². The molecule has 0 aliphatic carbocycles. The van der Waals surface area contributed by atoms with Crippen molar-refractivity contribution in [1.29, 1.82) is 5.26 Å². The van der Waals surface area contributed by atoms with Crippen LogP contribution in [-0.4, -0.2) is 17.6 Å². The number of benzene rings is 3. The number of esters is 1. The van der Waals surface area contributed by atoms with Gasteiger partial charge in [0.25, 0.3) is 0 Å². The fourth-order valence-electron chi connectivity index (χ4n) is 3.01. The maximum atomic E-state index is 12.4. The Labute approximate surface area is 195 Å². The molecule has 0 fully saturated rings. The molecule has 7 heteroatoms. The molecule has 0 spiro atoms. The number of carbonyl (C=O) groups excluding carboxylic acids is 1. The lowest BCUT2D eigenvalue weighted by molar-refractivity contribution is -0.136. The molecule has 1 heterocycles. The molecule has 0 N–H and O–H groups in total. The van der Waals surface area contributed by atoms with Crippen LogP contribution in [0.2, 0.25) is 0 Å². The van der Waals surface area contributed by atoms with Crippen molar-refractivity contribution in [3.05, 3.63) is 87.4 Å². The number of aromatic nitrogens is 1. The summed E-state index contributed by atoms with van der Waals surface area (Å²) in [4.78, 5) is 16.7. The van der Waals surface area contributed by atoms with Crippen LogP contribution in [0.3, 0.4) is 0 Å². The molecule has 4 aromatic rings. The van der Waals surface area contributed by atoms with E-state index in [-0.39, 0.29) is 6.61 Å². The summed E-state index contributed by atoms with van der Waals surface area (Å²) >= 11 is 6.92. The second-order valence-corrected chi connectivity index (χ2v) is 8.25. The second kappa shape index (κ2) is 9.29.